The summed E-state index contributed by atoms with van der Waals surface area (Å²) in [6.07, 6.45) is 1.62. The monoisotopic (exact) mass is 646 g/mol. The second kappa shape index (κ2) is 13.0. The number of carbonyl (C=O) groups is 1. The summed E-state index contributed by atoms with van der Waals surface area (Å²) in [6, 6.07) is 14.0. The molecule has 1 aliphatic heterocycles. The quantitative estimate of drug-likeness (QED) is 0.136. The van der Waals surface area contributed by atoms with Gasteiger partial charge in [0.15, 0.2) is 16.3 Å². The molecule has 0 N–H and O–H groups in total. The first-order chi connectivity index (χ1) is 22.1. The van der Waals surface area contributed by atoms with Crippen LogP contribution < -0.4 is 29.1 Å². The SMILES string of the molecule is CCOC(=O)C1=C(C)N=c2s/c(=C\c3ccc(Oc4ccc([N+](=O)[O-])cc4[N+](=O)[O-])c(OC)c3)c(=O)n2[C@H]1c1ccc(OC)cc1. The topological polar surface area (TPSA) is 175 Å². The third-order valence-corrected chi connectivity index (χ3v) is 7.99. The maximum Gasteiger partial charge on any atom is 0.338 e. The normalized spacial score (nSPS) is 14.3. The Morgan fingerprint density at radius 2 is 1.70 bits per heavy atom. The summed E-state index contributed by atoms with van der Waals surface area (Å²) in [4.78, 5) is 53.1. The number of hydrogen-bond acceptors (Lipinski definition) is 12. The molecule has 15 heteroatoms. The summed E-state index contributed by atoms with van der Waals surface area (Å²) in [5.74, 6) is 0.103. The van der Waals surface area contributed by atoms with Crippen LogP contribution in [0, 0.1) is 20.2 Å². The van der Waals surface area contributed by atoms with E-state index in [2.05, 4.69) is 4.99 Å². The molecule has 5 rings (SSSR count). The van der Waals surface area contributed by atoms with Gasteiger partial charge in [0, 0.05) is 6.07 Å². The smallest absolute Gasteiger partial charge is 0.338 e. The van der Waals surface area contributed by atoms with Gasteiger partial charge in [0.25, 0.3) is 11.2 Å². The van der Waals surface area contributed by atoms with Gasteiger partial charge in [-0.3, -0.25) is 29.6 Å². The zero-order valence-corrected chi connectivity index (χ0v) is 25.7. The van der Waals surface area contributed by atoms with Crippen molar-refractivity contribution < 1.29 is 33.6 Å². The van der Waals surface area contributed by atoms with E-state index in [1.807, 2.05) is 0 Å². The number of fused-ring (bicyclic) bond motifs is 1. The molecule has 0 spiro atoms. The molecule has 3 aromatic carbocycles. The number of aromatic nitrogens is 1. The lowest BCUT2D eigenvalue weighted by atomic mass is 9.96. The lowest BCUT2D eigenvalue weighted by Gasteiger charge is -2.24. The number of allylic oxidation sites excluding steroid dienone is 1. The lowest BCUT2D eigenvalue weighted by molar-refractivity contribution is -0.394. The number of ether oxygens (including phenoxy) is 4. The predicted octanol–water partition coefficient (Wildman–Crippen LogP) is 4.42. The average Bonchev–Trinajstić information content (AvgIpc) is 3.34. The largest absolute Gasteiger partial charge is 0.497 e. The van der Waals surface area contributed by atoms with E-state index >= 15 is 0 Å². The van der Waals surface area contributed by atoms with Crippen molar-refractivity contribution in [2.75, 3.05) is 20.8 Å². The summed E-state index contributed by atoms with van der Waals surface area (Å²) in [7, 11) is 2.91. The number of nitro groups is 2. The molecule has 0 bridgehead atoms. The summed E-state index contributed by atoms with van der Waals surface area (Å²) in [5, 5.41) is 22.6. The summed E-state index contributed by atoms with van der Waals surface area (Å²) in [6.45, 7) is 3.54. The highest BCUT2D eigenvalue weighted by atomic mass is 32.1. The number of rotatable bonds is 10. The van der Waals surface area contributed by atoms with E-state index in [0.29, 0.717) is 31.9 Å². The average molecular weight is 647 g/mol. The fourth-order valence-corrected chi connectivity index (χ4v) is 5.92. The van der Waals surface area contributed by atoms with Crippen LogP contribution in [0.25, 0.3) is 6.08 Å². The van der Waals surface area contributed by atoms with E-state index in [0.717, 1.165) is 29.5 Å². The highest BCUT2D eigenvalue weighted by molar-refractivity contribution is 7.07. The van der Waals surface area contributed by atoms with Crippen LogP contribution in [0.3, 0.4) is 0 Å². The van der Waals surface area contributed by atoms with E-state index in [-0.39, 0.29) is 35.0 Å². The van der Waals surface area contributed by atoms with Gasteiger partial charge >= 0.3 is 11.7 Å². The minimum Gasteiger partial charge on any atom is -0.497 e. The first kappa shape index (κ1) is 31.6. The zero-order valence-electron chi connectivity index (χ0n) is 24.9. The van der Waals surface area contributed by atoms with Crippen molar-refractivity contribution in [2.24, 2.45) is 4.99 Å². The fourth-order valence-electron chi connectivity index (χ4n) is 4.87. The maximum atomic E-state index is 13.9. The van der Waals surface area contributed by atoms with E-state index in [4.69, 9.17) is 18.9 Å². The van der Waals surface area contributed by atoms with Gasteiger partial charge in [-0.05, 0) is 61.4 Å². The van der Waals surface area contributed by atoms with Crippen molar-refractivity contribution in [3.05, 3.63) is 123 Å². The molecule has 236 valence electrons. The molecular formula is C31H26N4O10S. The molecule has 14 nitrogen and oxygen atoms in total. The third-order valence-electron chi connectivity index (χ3n) is 7.00. The zero-order chi connectivity index (χ0) is 33.1. The van der Waals surface area contributed by atoms with Crippen molar-refractivity contribution >= 4 is 34.8 Å². The molecule has 0 unspecified atom stereocenters. The summed E-state index contributed by atoms with van der Waals surface area (Å²) in [5.41, 5.74) is 0.431. The molecule has 2 heterocycles. The van der Waals surface area contributed by atoms with E-state index < -0.39 is 33.2 Å². The summed E-state index contributed by atoms with van der Waals surface area (Å²) >= 11 is 1.14. The third kappa shape index (κ3) is 6.08. The lowest BCUT2D eigenvalue weighted by Crippen LogP contribution is -2.39. The number of carbonyl (C=O) groups excluding carboxylic acids is 1. The molecule has 1 aromatic heterocycles. The number of nitro benzene ring substituents is 2. The number of benzene rings is 3. The molecule has 1 aliphatic rings. The predicted molar refractivity (Wildman–Crippen MR) is 166 cm³/mol. The van der Waals surface area contributed by atoms with Crippen molar-refractivity contribution in [3.8, 4) is 23.0 Å². The highest BCUT2D eigenvalue weighted by Gasteiger charge is 2.33. The van der Waals surface area contributed by atoms with Gasteiger partial charge in [-0.15, -0.1) is 0 Å². The highest BCUT2D eigenvalue weighted by Crippen LogP contribution is 2.38. The van der Waals surface area contributed by atoms with Crippen LogP contribution in [0.4, 0.5) is 11.4 Å². The molecule has 0 saturated carbocycles. The van der Waals surface area contributed by atoms with Crippen molar-refractivity contribution in [1.82, 2.24) is 4.57 Å². The molecule has 0 aliphatic carbocycles. The van der Waals surface area contributed by atoms with Gasteiger partial charge < -0.3 is 18.9 Å². The van der Waals surface area contributed by atoms with Crippen molar-refractivity contribution in [2.45, 2.75) is 19.9 Å². The van der Waals surface area contributed by atoms with Gasteiger partial charge in [0.05, 0.1) is 58.6 Å². The van der Waals surface area contributed by atoms with E-state index in [1.54, 1.807) is 63.4 Å². The molecule has 4 aromatic rings. The van der Waals surface area contributed by atoms with Crippen LogP contribution >= 0.6 is 11.3 Å². The molecule has 1 atom stereocenters. The standard InChI is InChI=1S/C31H26N4O10S/c1-5-44-30(37)27-17(2)32-31-33(28(27)19-7-10-21(42-3)11-8-19)29(36)26(46-31)15-18-6-12-24(25(14-18)43-4)45-23-13-9-20(34(38)39)16-22(23)35(40)41/h6-16,28H,5H2,1-4H3/b26-15-/t28-/m0/s1. The van der Waals surface area contributed by atoms with E-state index in [9.17, 15) is 29.8 Å². The Kier molecular flexibility index (Phi) is 8.95. The molecule has 0 saturated heterocycles. The van der Waals surface area contributed by atoms with E-state index in [1.165, 1.54) is 17.7 Å². The van der Waals surface area contributed by atoms with Gasteiger partial charge in [-0.2, -0.15) is 0 Å². The summed E-state index contributed by atoms with van der Waals surface area (Å²) < 4.78 is 23.6. The van der Waals surface area contributed by atoms with Crippen LogP contribution in [-0.2, 0) is 9.53 Å². The number of thiazole rings is 1. The van der Waals surface area contributed by atoms with Crippen LogP contribution in [0.2, 0.25) is 0 Å². The Labute approximate surface area is 264 Å². The number of hydrogen-bond donors (Lipinski definition) is 0. The second-order valence-corrected chi connectivity index (χ2v) is 10.8. The number of nitrogens with zero attached hydrogens (tertiary/aromatic N) is 4. The molecule has 46 heavy (non-hydrogen) atoms. The Hall–Kier alpha value is -5.83. The Morgan fingerprint density at radius 3 is 2.33 bits per heavy atom. The Balaban J connectivity index is 1.57. The second-order valence-electron chi connectivity index (χ2n) is 9.75. The number of esters is 1. The number of methoxy groups -OCH3 is 2. The minimum absolute atomic E-state index is 0.104. The Morgan fingerprint density at radius 1 is 0.978 bits per heavy atom. The van der Waals surface area contributed by atoms with Crippen LogP contribution in [0.15, 0.2) is 81.7 Å². The fraction of sp³-hybridized carbons (Fsp3) is 0.194. The first-order valence-corrected chi connectivity index (χ1v) is 14.5. The van der Waals surface area contributed by atoms with Gasteiger partial charge in [0.1, 0.15) is 5.75 Å². The van der Waals surface area contributed by atoms with Crippen LogP contribution in [0.5, 0.6) is 23.0 Å². The van der Waals surface area contributed by atoms with Crippen molar-refractivity contribution in [3.63, 3.8) is 0 Å². The van der Waals surface area contributed by atoms with Gasteiger partial charge in [-0.1, -0.05) is 29.5 Å². The Bertz CT molecular complexity index is 2080. The molecule has 0 radical (unpaired) electrons. The van der Waals surface area contributed by atoms with Gasteiger partial charge in [-0.25, -0.2) is 9.79 Å². The van der Waals surface area contributed by atoms with Crippen LogP contribution in [-0.4, -0.2) is 41.2 Å². The first-order valence-electron chi connectivity index (χ1n) is 13.7. The number of non-ortho nitro benzene ring substituents is 1. The molecule has 0 amide bonds. The van der Waals surface area contributed by atoms with Gasteiger partial charge in [0.2, 0.25) is 5.75 Å². The molecular weight excluding hydrogens is 620 g/mol. The van der Waals surface area contributed by atoms with Crippen molar-refractivity contribution in [1.29, 1.82) is 0 Å². The van der Waals surface area contributed by atoms with Crippen LogP contribution in [0.1, 0.15) is 31.0 Å². The minimum atomic E-state index is -0.800. The molecule has 0 fully saturated rings. The maximum absolute atomic E-state index is 13.9.